The number of nitrogens with one attached hydrogen (secondary N) is 1. The minimum Gasteiger partial charge on any atom is -0.483 e. The average Bonchev–Trinajstić information content (AvgIpc) is 2.91. The summed E-state index contributed by atoms with van der Waals surface area (Å²) in [5.74, 6) is -0.0964. The molecule has 0 bridgehead atoms. The van der Waals surface area contributed by atoms with Crippen molar-refractivity contribution in [2.45, 2.75) is 19.0 Å². The highest BCUT2D eigenvalue weighted by Gasteiger charge is 2.30. The molecule has 0 aromatic heterocycles. The molecular weight excluding hydrogens is 575 g/mol. The van der Waals surface area contributed by atoms with Gasteiger partial charge in [-0.2, -0.15) is 0 Å². The van der Waals surface area contributed by atoms with Gasteiger partial charge in [0, 0.05) is 30.1 Å². The highest BCUT2D eigenvalue weighted by atomic mass is 79.9. The Morgan fingerprint density at radius 2 is 1.70 bits per heavy atom. The van der Waals surface area contributed by atoms with Crippen molar-refractivity contribution in [1.82, 2.24) is 10.2 Å². The van der Waals surface area contributed by atoms with Gasteiger partial charge in [-0.05, 0) is 56.0 Å². The van der Waals surface area contributed by atoms with Crippen LogP contribution in [-0.4, -0.2) is 36.4 Å². The standard InChI is InChI=1S/C29H25BrCl2N2O3/c1-33-29(36)25(15-19-7-3-2-4-8-19)34(17-21-11-13-22(31)16-24(21)32)27(35)18-37-26-14-12-20-9-5-6-10-23(20)28(26)30/h2-14,16,25H,15,17-18H2,1H3,(H,33,36)/t25-/m0/s1. The molecule has 0 aliphatic carbocycles. The van der Waals surface area contributed by atoms with Gasteiger partial charge in [-0.1, -0.05) is 89.9 Å². The molecular formula is C29H25BrCl2N2O3. The third-order valence-electron chi connectivity index (χ3n) is 6.05. The summed E-state index contributed by atoms with van der Waals surface area (Å²) in [6.45, 7) is -0.146. The lowest BCUT2D eigenvalue weighted by Crippen LogP contribution is -2.51. The van der Waals surface area contributed by atoms with Crippen molar-refractivity contribution in [3.8, 4) is 5.75 Å². The van der Waals surface area contributed by atoms with E-state index in [4.69, 9.17) is 27.9 Å². The second-order valence-corrected chi connectivity index (χ2v) is 10.1. The lowest BCUT2D eigenvalue weighted by atomic mass is 10.0. The van der Waals surface area contributed by atoms with E-state index in [2.05, 4.69) is 21.2 Å². The van der Waals surface area contributed by atoms with Crippen molar-refractivity contribution in [3.63, 3.8) is 0 Å². The first kappa shape index (κ1) is 27.0. The number of nitrogens with zero attached hydrogens (tertiary/aromatic N) is 1. The van der Waals surface area contributed by atoms with Gasteiger partial charge in [-0.3, -0.25) is 9.59 Å². The van der Waals surface area contributed by atoms with Crippen LogP contribution in [-0.2, 0) is 22.6 Å². The fourth-order valence-corrected chi connectivity index (χ4v) is 5.18. The molecule has 0 saturated carbocycles. The molecule has 2 amide bonds. The van der Waals surface area contributed by atoms with Gasteiger partial charge < -0.3 is 15.0 Å². The zero-order valence-corrected chi connectivity index (χ0v) is 23.2. The van der Waals surface area contributed by atoms with Gasteiger partial charge >= 0.3 is 0 Å². The van der Waals surface area contributed by atoms with Crippen LogP contribution in [0.3, 0.4) is 0 Å². The van der Waals surface area contributed by atoms with E-state index in [1.807, 2.05) is 66.7 Å². The molecule has 0 heterocycles. The molecule has 5 nitrogen and oxygen atoms in total. The van der Waals surface area contributed by atoms with E-state index in [-0.39, 0.29) is 25.0 Å². The summed E-state index contributed by atoms with van der Waals surface area (Å²) in [5.41, 5.74) is 1.60. The second-order valence-electron chi connectivity index (χ2n) is 8.46. The number of likely N-dealkylation sites (N-methyl/N-ethyl adjacent to an activating group) is 1. The number of rotatable bonds is 9. The third-order valence-corrected chi connectivity index (χ3v) is 7.46. The molecule has 1 atom stereocenters. The molecule has 4 aromatic rings. The predicted octanol–water partition coefficient (Wildman–Crippen LogP) is 6.67. The number of halogens is 3. The zero-order valence-electron chi connectivity index (χ0n) is 20.1. The van der Waals surface area contributed by atoms with Crippen LogP contribution < -0.4 is 10.1 Å². The average molecular weight is 600 g/mol. The molecule has 0 aliphatic rings. The minimum atomic E-state index is -0.782. The Morgan fingerprint density at radius 1 is 0.973 bits per heavy atom. The Kier molecular flexibility index (Phi) is 9.09. The van der Waals surface area contributed by atoms with Gasteiger partial charge in [0.05, 0.1) is 4.47 Å². The summed E-state index contributed by atoms with van der Waals surface area (Å²) >= 11 is 16.1. The molecule has 0 radical (unpaired) electrons. The van der Waals surface area contributed by atoms with Crippen LogP contribution in [0.5, 0.6) is 5.75 Å². The number of amides is 2. The summed E-state index contributed by atoms with van der Waals surface area (Å²) in [7, 11) is 1.56. The van der Waals surface area contributed by atoms with Crippen molar-refractivity contribution in [2.24, 2.45) is 0 Å². The number of hydrogen-bond acceptors (Lipinski definition) is 3. The maximum atomic E-state index is 13.7. The van der Waals surface area contributed by atoms with Crippen LogP contribution in [0, 0.1) is 0 Å². The Balaban J connectivity index is 1.64. The summed E-state index contributed by atoms with van der Waals surface area (Å²) in [6, 6.07) is 25.5. The quantitative estimate of drug-likeness (QED) is 0.234. The summed E-state index contributed by atoms with van der Waals surface area (Å²) in [4.78, 5) is 28.2. The topological polar surface area (TPSA) is 58.6 Å². The zero-order chi connectivity index (χ0) is 26.4. The lowest BCUT2D eigenvalue weighted by molar-refractivity contribution is -0.142. The van der Waals surface area contributed by atoms with Crippen LogP contribution in [0.1, 0.15) is 11.1 Å². The molecule has 190 valence electrons. The van der Waals surface area contributed by atoms with E-state index in [0.717, 1.165) is 20.8 Å². The van der Waals surface area contributed by atoms with E-state index in [9.17, 15) is 9.59 Å². The van der Waals surface area contributed by atoms with Crippen molar-refractivity contribution in [1.29, 1.82) is 0 Å². The largest absolute Gasteiger partial charge is 0.483 e. The third kappa shape index (κ3) is 6.63. The number of carbonyl (C=O) groups is 2. The second kappa shape index (κ2) is 12.5. The van der Waals surface area contributed by atoms with Crippen LogP contribution in [0.15, 0.2) is 89.4 Å². The summed E-state index contributed by atoms with van der Waals surface area (Å²) < 4.78 is 6.73. The number of fused-ring (bicyclic) bond motifs is 1. The van der Waals surface area contributed by atoms with Crippen molar-refractivity contribution >= 4 is 61.7 Å². The molecule has 0 fully saturated rings. The fraction of sp³-hybridized carbons (Fsp3) is 0.172. The van der Waals surface area contributed by atoms with Crippen LogP contribution in [0.4, 0.5) is 0 Å². The van der Waals surface area contributed by atoms with Gasteiger partial charge in [0.1, 0.15) is 11.8 Å². The van der Waals surface area contributed by atoms with Crippen molar-refractivity contribution in [3.05, 3.63) is 111 Å². The summed E-state index contributed by atoms with van der Waals surface area (Å²) in [6.07, 6.45) is 0.330. The van der Waals surface area contributed by atoms with E-state index in [1.54, 1.807) is 25.2 Å². The van der Waals surface area contributed by atoms with Crippen molar-refractivity contribution in [2.75, 3.05) is 13.7 Å². The minimum absolute atomic E-state index is 0.113. The number of hydrogen-bond donors (Lipinski definition) is 1. The predicted molar refractivity (Wildman–Crippen MR) is 152 cm³/mol. The maximum Gasteiger partial charge on any atom is 0.261 e. The fourth-order valence-electron chi connectivity index (χ4n) is 4.10. The Labute approximate surface area is 234 Å². The van der Waals surface area contributed by atoms with Crippen molar-refractivity contribution < 1.29 is 14.3 Å². The van der Waals surface area contributed by atoms with Gasteiger partial charge in [0.2, 0.25) is 5.91 Å². The Morgan fingerprint density at radius 3 is 2.43 bits per heavy atom. The van der Waals surface area contributed by atoms with Gasteiger partial charge in [0.25, 0.3) is 5.91 Å². The highest BCUT2D eigenvalue weighted by molar-refractivity contribution is 9.10. The molecule has 0 saturated heterocycles. The SMILES string of the molecule is CNC(=O)[C@H](Cc1ccccc1)N(Cc1ccc(Cl)cc1Cl)C(=O)COc1ccc2ccccc2c1Br. The first-order chi connectivity index (χ1) is 17.9. The molecule has 1 N–H and O–H groups in total. The van der Waals surface area contributed by atoms with E-state index < -0.39 is 6.04 Å². The maximum absolute atomic E-state index is 13.7. The molecule has 8 heteroatoms. The number of ether oxygens (including phenoxy) is 1. The first-order valence-corrected chi connectivity index (χ1v) is 13.2. The normalized spacial score (nSPS) is 11.7. The van der Waals surface area contributed by atoms with Gasteiger partial charge in [-0.15, -0.1) is 0 Å². The number of benzene rings is 4. The van der Waals surface area contributed by atoms with Gasteiger partial charge in [-0.25, -0.2) is 0 Å². The van der Waals surface area contributed by atoms with Crippen LogP contribution >= 0.6 is 39.1 Å². The van der Waals surface area contributed by atoms with Crippen LogP contribution in [0.2, 0.25) is 10.0 Å². The molecule has 4 rings (SSSR count). The summed E-state index contributed by atoms with van der Waals surface area (Å²) in [5, 5.41) is 5.63. The lowest BCUT2D eigenvalue weighted by Gasteiger charge is -2.31. The molecule has 37 heavy (non-hydrogen) atoms. The Bertz CT molecular complexity index is 1420. The van der Waals surface area contributed by atoms with E-state index >= 15 is 0 Å². The highest BCUT2D eigenvalue weighted by Crippen LogP contribution is 2.33. The Hall–Kier alpha value is -3.06. The van der Waals surface area contributed by atoms with E-state index in [1.165, 1.54) is 4.90 Å². The first-order valence-electron chi connectivity index (χ1n) is 11.7. The molecule has 0 aliphatic heterocycles. The number of carbonyl (C=O) groups excluding carboxylic acids is 2. The van der Waals surface area contributed by atoms with Gasteiger partial charge in [0.15, 0.2) is 6.61 Å². The molecule has 4 aromatic carbocycles. The van der Waals surface area contributed by atoms with Crippen LogP contribution in [0.25, 0.3) is 10.8 Å². The smallest absolute Gasteiger partial charge is 0.261 e. The molecule has 0 unspecified atom stereocenters. The monoisotopic (exact) mass is 598 g/mol. The molecule has 0 spiro atoms. The van der Waals surface area contributed by atoms with E-state index in [0.29, 0.717) is 27.8 Å².